The normalized spacial score (nSPS) is 23.8. The van der Waals surface area contributed by atoms with Gasteiger partial charge in [-0.05, 0) is 54.6 Å². The lowest BCUT2D eigenvalue weighted by Crippen LogP contribution is -2.50. The molecule has 44 heavy (non-hydrogen) atoms. The summed E-state index contributed by atoms with van der Waals surface area (Å²) >= 11 is 0. The molecule has 10 nitrogen and oxygen atoms in total. The smallest absolute Gasteiger partial charge is 0.433 e. The summed E-state index contributed by atoms with van der Waals surface area (Å²) in [6, 6.07) is 15.9. The van der Waals surface area contributed by atoms with Gasteiger partial charge in [-0.3, -0.25) is 9.59 Å². The van der Waals surface area contributed by atoms with Crippen molar-refractivity contribution >= 4 is 31.2 Å². The van der Waals surface area contributed by atoms with E-state index in [9.17, 15) is 24.6 Å². The molecule has 1 saturated heterocycles. The van der Waals surface area contributed by atoms with Crippen molar-refractivity contribution in [2.24, 2.45) is 5.92 Å². The minimum atomic E-state index is -1.32. The van der Waals surface area contributed by atoms with Gasteiger partial charge in [0.1, 0.15) is 18.8 Å². The second-order valence-electron chi connectivity index (χ2n) is 12.5. The zero-order chi connectivity index (χ0) is 31.6. The van der Waals surface area contributed by atoms with Crippen LogP contribution in [0.2, 0.25) is 0 Å². The number of hydrogen-bond donors (Lipinski definition) is 2. The lowest BCUT2D eigenvalue weighted by molar-refractivity contribution is -0.145. The molecule has 0 aromatic heterocycles. The molecule has 5 atom stereocenters. The third-order valence-electron chi connectivity index (χ3n) is 8.49. The molecule has 1 aliphatic carbocycles. The number of nitrogens with zero attached hydrogens (tertiary/aromatic N) is 2. The molecule has 0 bridgehead atoms. The third-order valence-corrected chi connectivity index (χ3v) is 9.95. The lowest BCUT2D eigenvalue weighted by Gasteiger charge is -2.37. The molecule has 1 fully saturated rings. The predicted molar refractivity (Wildman–Crippen MR) is 169 cm³/mol. The van der Waals surface area contributed by atoms with E-state index in [1.54, 1.807) is 18.0 Å². The molecule has 3 aliphatic rings. The molecule has 2 aromatic carbocycles. The Kier molecular flexibility index (Phi) is 9.65. The van der Waals surface area contributed by atoms with Crippen molar-refractivity contribution in [3.05, 3.63) is 71.9 Å². The molecule has 1 unspecified atom stereocenters. The number of fused-ring (bicyclic) bond motifs is 3. The van der Waals surface area contributed by atoms with Crippen molar-refractivity contribution < 1.29 is 38.8 Å². The van der Waals surface area contributed by atoms with Gasteiger partial charge < -0.3 is 34.2 Å². The van der Waals surface area contributed by atoms with Crippen LogP contribution in [0.5, 0.6) is 0 Å². The first-order valence-electron chi connectivity index (χ1n) is 14.9. The van der Waals surface area contributed by atoms with Gasteiger partial charge in [0.05, 0.1) is 18.7 Å². The standard InChI is InChI=1S/C33H41N2O8P/c1-21(32(39)43-33(40)41-19-26-24-11-7-5-9-22(24)23-10-6-8-12-25(23)26)13-16-34-20-35(17-14-28(34)36)31-30(38)29(37)27(42-31)15-18-44(2,3)4/h5-12,14,17,21,26-27,29-31,37-38H,2,13,15-16,18-20H2,1,3-4H3/t21?,27-,29-,30-,31-/m1/s1. The molecular formula is C33H41N2O8P. The number of aliphatic hydroxyl groups excluding tert-OH is 2. The van der Waals surface area contributed by atoms with Crippen LogP contribution < -0.4 is 0 Å². The molecule has 11 heteroatoms. The summed E-state index contributed by atoms with van der Waals surface area (Å²) in [4.78, 5) is 40.9. The molecule has 2 heterocycles. The Morgan fingerprint density at radius 2 is 1.70 bits per heavy atom. The van der Waals surface area contributed by atoms with Crippen molar-refractivity contribution in [3.8, 4) is 11.1 Å². The average molecular weight is 625 g/mol. The number of benzene rings is 2. The maximum atomic E-state index is 12.7. The van der Waals surface area contributed by atoms with Crippen LogP contribution in [0.15, 0.2) is 60.8 Å². The van der Waals surface area contributed by atoms with Crippen LogP contribution in [-0.2, 0) is 23.8 Å². The maximum Gasteiger partial charge on any atom is 0.516 e. The van der Waals surface area contributed by atoms with Crippen molar-refractivity contribution in [3.63, 3.8) is 0 Å². The van der Waals surface area contributed by atoms with Crippen LogP contribution in [0.3, 0.4) is 0 Å². The summed E-state index contributed by atoms with van der Waals surface area (Å²) < 4.78 is 16.4. The van der Waals surface area contributed by atoms with Crippen LogP contribution >= 0.6 is 6.89 Å². The Balaban J connectivity index is 1.10. The minimum Gasteiger partial charge on any atom is -0.433 e. The van der Waals surface area contributed by atoms with Crippen LogP contribution in [0.25, 0.3) is 11.1 Å². The number of carbonyl (C=O) groups is 3. The second kappa shape index (κ2) is 13.3. The first-order valence-corrected chi connectivity index (χ1v) is 18.0. The zero-order valence-corrected chi connectivity index (χ0v) is 26.3. The molecular weight excluding hydrogens is 583 g/mol. The van der Waals surface area contributed by atoms with Gasteiger partial charge in [0.25, 0.3) is 0 Å². The number of rotatable bonds is 10. The van der Waals surface area contributed by atoms with E-state index in [1.165, 1.54) is 11.0 Å². The quantitative estimate of drug-likeness (QED) is 0.231. The van der Waals surface area contributed by atoms with Crippen LogP contribution in [0.4, 0.5) is 4.79 Å². The third kappa shape index (κ3) is 7.10. The largest absolute Gasteiger partial charge is 0.516 e. The van der Waals surface area contributed by atoms with Gasteiger partial charge in [0, 0.05) is 24.7 Å². The van der Waals surface area contributed by atoms with E-state index in [-0.39, 0.29) is 38.1 Å². The topological polar surface area (TPSA) is 126 Å². The summed E-state index contributed by atoms with van der Waals surface area (Å²) in [5, 5.41) is 21.2. The van der Waals surface area contributed by atoms with Crippen LogP contribution in [-0.4, -0.2) is 108 Å². The Hall–Kier alpha value is -3.43. The van der Waals surface area contributed by atoms with E-state index in [4.69, 9.17) is 14.2 Å². The first kappa shape index (κ1) is 32.0. The van der Waals surface area contributed by atoms with Gasteiger partial charge in [0.15, 0.2) is 6.23 Å². The highest BCUT2D eigenvalue weighted by Crippen LogP contribution is 2.44. The van der Waals surface area contributed by atoms with Crippen molar-refractivity contribution in [1.29, 1.82) is 0 Å². The van der Waals surface area contributed by atoms with Crippen molar-refractivity contribution in [1.82, 2.24) is 9.80 Å². The molecule has 2 aromatic rings. The average Bonchev–Trinajstić information content (AvgIpc) is 3.47. The Morgan fingerprint density at radius 1 is 1.07 bits per heavy atom. The molecule has 2 N–H and O–H groups in total. The summed E-state index contributed by atoms with van der Waals surface area (Å²) in [6.45, 7) is 4.86. The fourth-order valence-electron chi connectivity index (χ4n) is 5.91. The first-order chi connectivity index (χ1) is 20.9. The number of esters is 1. The second-order valence-corrected chi connectivity index (χ2v) is 16.8. The number of aliphatic hydroxyl groups is 2. The van der Waals surface area contributed by atoms with Gasteiger partial charge in [-0.1, -0.05) is 55.5 Å². The Bertz CT molecular complexity index is 1430. The molecule has 1 amide bonds. The Morgan fingerprint density at radius 3 is 2.34 bits per heavy atom. The number of amides is 1. The minimum absolute atomic E-state index is 0.0399. The fourth-order valence-corrected chi connectivity index (χ4v) is 6.87. The van der Waals surface area contributed by atoms with Crippen molar-refractivity contribution in [2.75, 3.05) is 39.3 Å². The maximum absolute atomic E-state index is 12.7. The highest BCUT2D eigenvalue weighted by Gasteiger charge is 2.45. The molecule has 0 saturated carbocycles. The molecule has 236 valence electrons. The van der Waals surface area contributed by atoms with Crippen molar-refractivity contribution in [2.45, 2.75) is 50.2 Å². The molecule has 2 aliphatic heterocycles. The molecule has 0 spiro atoms. The van der Waals surface area contributed by atoms with E-state index in [1.807, 2.05) is 48.5 Å². The Labute approximate surface area is 258 Å². The van der Waals surface area contributed by atoms with Gasteiger partial charge in [-0.15, -0.1) is 13.2 Å². The number of carbonyl (C=O) groups excluding carboxylic acids is 3. The van der Waals surface area contributed by atoms with Crippen LogP contribution in [0.1, 0.15) is 36.8 Å². The SMILES string of the molecule is C=P(C)(C)CC[C@H]1O[C@@H](N2C=CC(=O)N(CCC(C)C(=O)OC(=O)OCC3c4ccccc4-c4ccccc43)C2)[C@H](O)[C@@H]1O. The zero-order valence-electron chi connectivity index (χ0n) is 25.4. The van der Waals surface area contributed by atoms with E-state index in [0.29, 0.717) is 6.42 Å². The van der Waals surface area contributed by atoms with Gasteiger partial charge >= 0.3 is 12.1 Å². The van der Waals surface area contributed by atoms with E-state index in [0.717, 1.165) is 28.4 Å². The monoisotopic (exact) mass is 624 g/mol. The van der Waals surface area contributed by atoms with Gasteiger partial charge in [-0.2, -0.15) is 0 Å². The van der Waals surface area contributed by atoms with Crippen LogP contribution in [0, 0.1) is 5.92 Å². The number of ether oxygens (including phenoxy) is 3. The van der Waals surface area contributed by atoms with E-state index >= 15 is 0 Å². The van der Waals surface area contributed by atoms with Gasteiger partial charge in [-0.25, -0.2) is 4.79 Å². The van der Waals surface area contributed by atoms with Gasteiger partial charge in [0.2, 0.25) is 5.91 Å². The summed E-state index contributed by atoms with van der Waals surface area (Å²) in [6.07, 6.45) is 4.17. The fraction of sp³-hybridized carbons (Fsp3) is 0.455. The predicted octanol–water partition coefficient (Wildman–Crippen LogP) is 3.67. The number of hydrogen-bond acceptors (Lipinski definition) is 9. The molecule has 0 radical (unpaired) electrons. The highest BCUT2D eigenvalue weighted by molar-refractivity contribution is 7.72. The summed E-state index contributed by atoms with van der Waals surface area (Å²) in [5.74, 6) is -1.84. The van der Waals surface area contributed by atoms with E-state index < -0.39 is 49.5 Å². The van der Waals surface area contributed by atoms with E-state index in [2.05, 4.69) is 19.6 Å². The lowest BCUT2D eigenvalue weighted by atomic mass is 9.98. The summed E-state index contributed by atoms with van der Waals surface area (Å²) in [7, 11) is 0. The summed E-state index contributed by atoms with van der Waals surface area (Å²) in [5.41, 5.74) is 4.30. The molecule has 5 rings (SSSR count). The highest BCUT2D eigenvalue weighted by atomic mass is 31.2.